The Hall–Kier alpha value is -0.650. The number of aliphatic hydroxyl groups excluding tert-OH is 2. The van der Waals surface area contributed by atoms with Crippen molar-refractivity contribution in [2.75, 3.05) is 13.2 Å². The Labute approximate surface area is 71.0 Å². The summed E-state index contributed by atoms with van der Waals surface area (Å²) in [6, 6.07) is -0.783. The Morgan fingerprint density at radius 1 is 1.50 bits per heavy atom. The largest absolute Gasteiger partial charge is 0.480 e. The Bertz CT molecular complexity index is 155. The van der Waals surface area contributed by atoms with E-state index < -0.39 is 17.6 Å². The van der Waals surface area contributed by atoms with E-state index in [1.807, 2.05) is 0 Å². The fourth-order valence-corrected chi connectivity index (χ4v) is 0.726. The summed E-state index contributed by atoms with van der Waals surface area (Å²) < 4.78 is 0. The van der Waals surface area contributed by atoms with E-state index in [1.54, 1.807) is 6.92 Å². The van der Waals surface area contributed by atoms with Gasteiger partial charge in [-0.15, -0.1) is 0 Å². The van der Waals surface area contributed by atoms with Crippen LogP contribution < -0.4 is 5.32 Å². The zero-order chi connectivity index (χ0) is 9.78. The Morgan fingerprint density at radius 2 is 1.92 bits per heavy atom. The Morgan fingerprint density at radius 3 is 2.17 bits per heavy atom. The van der Waals surface area contributed by atoms with Gasteiger partial charge in [0.1, 0.15) is 6.04 Å². The molecule has 12 heavy (non-hydrogen) atoms. The quantitative estimate of drug-likeness (QED) is 0.423. The summed E-state index contributed by atoms with van der Waals surface area (Å²) in [6.45, 7) is 2.39. The van der Waals surface area contributed by atoms with Crippen molar-refractivity contribution in [1.29, 1.82) is 0 Å². The van der Waals surface area contributed by atoms with Crippen molar-refractivity contribution in [1.82, 2.24) is 5.32 Å². The van der Waals surface area contributed by atoms with Crippen molar-refractivity contribution in [3.05, 3.63) is 0 Å². The van der Waals surface area contributed by atoms with Gasteiger partial charge in [-0.2, -0.15) is 0 Å². The van der Waals surface area contributed by atoms with Crippen LogP contribution in [0.15, 0.2) is 0 Å². The van der Waals surface area contributed by atoms with Gasteiger partial charge in [0.2, 0.25) is 0 Å². The third-order valence-corrected chi connectivity index (χ3v) is 1.63. The Balaban J connectivity index is 4.11. The van der Waals surface area contributed by atoms with Gasteiger partial charge in [-0.3, -0.25) is 10.1 Å². The minimum atomic E-state index is -1.01. The van der Waals surface area contributed by atoms with Crippen LogP contribution in [0, 0.1) is 0 Å². The summed E-state index contributed by atoms with van der Waals surface area (Å²) in [6.07, 6.45) is 0. The van der Waals surface area contributed by atoms with Crippen LogP contribution in [0.25, 0.3) is 0 Å². The summed E-state index contributed by atoms with van der Waals surface area (Å²) in [5.41, 5.74) is -0.933. The number of nitrogens with one attached hydrogen (secondary N) is 1. The summed E-state index contributed by atoms with van der Waals surface area (Å²) in [5.74, 6) is -1.01. The lowest BCUT2D eigenvalue weighted by Crippen LogP contribution is -2.54. The molecule has 0 aromatic carbocycles. The molecule has 1 unspecified atom stereocenters. The second-order valence-electron chi connectivity index (χ2n) is 3.08. The molecule has 0 heterocycles. The molecule has 1 atom stereocenters. The van der Waals surface area contributed by atoms with Gasteiger partial charge < -0.3 is 15.3 Å². The van der Waals surface area contributed by atoms with Crippen molar-refractivity contribution in [2.24, 2.45) is 0 Å². The first kappa shape index (κ1) is 11.4. The highest BCUT2D eigenvalue weighted by Gasteiger charge is 2.26. The van der Waals surface area contributed by atoms with Crippen LogP contribution in [-0.2, 0) is 4.79 Å². The van der Waals surface area contributed by atoms with Crippen LogP contribution >= 0.6 is 0 Å². The highest BCUT2D eigenvalue weighted by atomic mass is 16.4. The fourth-order valence-electron chi connectivity index (χ4n) is 0.726. The second kappa shape index (κ2) is 4.39. The monoisotopic (exact) mass is 177 g/mol. The molecule has 0 aromatic heterocycles. The van der Waals surface area contributed by atoms with Crippen LogP contribution in [0.4, 0.5) is 0 Å². The van der Waals surface area contributed by atoms with Crippen molar-refractivity contribution < 1.29 is 20.1 Å². The molecule has 5 nitrogen and oxygen atoms in total. The molecule has 0 aromatic rings. The van der Waals surface area contributed by atoms with Crippen molar-refractivity contribution in [3.8, 4) is 0 Å². The molecule has 0 bridgehead atoms. The summed E-state index contributed by atoms with van der Waals surface area (Å²) in [4.78, 5) is 10.4. The molecule has 0 saturated heterocycles. The molecular weight excluding hydrogens is 162 g/mol. The lowest BCUT2D eigenvalue weighted by atomic mass is 10.0. The van der Waals surface area contributed by atoms with Gasteiger partial charge in [-0.05, 0) is 13.8 Å². The van der Waals surface area contributed by atoms with Gasteiger partial charge in [0.25, 0.3) is 0 Å². The molecule has 0 amide bonds. The van der Waals surface area contributed by atoms with Crippen molar-refractivity contribution in [2.45, 2.75) is 25.4 Å². The van der Waals surface area contributed by atoms with E-state index >= 15 is 0 Å². The zero-order valence-corrected chi connectivity index (χ0v) is 7.24. The number of aliphatic carboxylic acids is 1. The molecule has 72 valence electrons. The number of carboxylic acid groups (broad SMARTS) is 1. The SMILES string of the molecule is CC(NC(C)(CO)CO)C(=O)O. The molecular formula is C7H15NO4. The molecule has 0 saturated carbocycles. The standard InChI is InChI=1S/C7H15NO4/c1-5(6(11)12)8-7(2,3-9)4-10/h5,8-10H,3-4H2,1-2H3,(H,11,12). The van der Waals surface area contributed by atoms with Gasteiger partial charge in [0.15, 0.2) is 0 Å². The minimum absolute atomic E-state index is 0.304. The van der Waals surface area contributed by atoms with E-state index in [1.165, 1.54) is 6.92 Å². The smallest absolute Gasteiger partial charge is 0.320 e. The topological polar surface area (TPSA) is 89.8 Å². The average Bonchev–Trinajstić information content (AvgIpc) is 2.04. The van der Waals surface area contributed by atoms with Crippen LogP contribution in [0.1, 0.15) is 13.8 Å². The van der Waals surface area contributed by atoms with E-state index in [4.69, 9.17) is 15.3 Å². The summed E-state index contributed by atoms with van der Waals surface area (Å²) in [7, 11) is 0. The number of rotatable bonds is 5. The van der Waals surface area contributed by atoms with Crippen LogP contribution in [0.5, 0.6) is 0 Å². The maximum absolute atomic E-state index is 10.4. The number of hydrogen-bond acceptors (Lipinski definition) is 4. The van der Waals surface area contributed by atoms with E-state index in [0.717, 1.165) is 0 Å². The third kappa shape index (κ3) is 3.17. The van der Waals surface area contributed by atoms with E-state index in [9.17, 15) is 4.79 Å². The molecule has 0 rings (SSSR count). The molecule has 4 N–H and O–H groups in total. The molecule has 5 heteroatoms. The lowest BCUT2D eigenvalue weighted by Gasteiger charge is -2.28. The Kier molecular flexibility index (Phi) is 4.16. The highest BCUT2D eigenvalue weighted by Crippen LogP contribution is 2.02. The number of carboxylic acids is 1. The second-order valence-corrected chi connectivity index (χ2v) is 3.08. The first-order valence-corrected chi connectivity index (χ1v) is 3.67. The predicted octanol–water partition coefficient (Wildman–Crippen LogP) is -1.21. The first-order valence-electron chi connectivity index (χ1n) is 3.67. The minimum Gasteiger partial charge on any atom is -0.480 e. The van der Waals surface area contributed by atoms with Gasteiger partial charge in [0, 0.05) is 0 Å². The highest BCUT2D eigenvalue weighted by molar-refractivity contribution is 5.72. The fraction of sp³-hybridized carbons (Fsp3) is 0.857. The predicted molar refractivity (Wildman–Crippen MR) is 42.8 cm³/mol. The molecule has 0 spiro atoms. The van der Waals surface area contributed by atoms with Crippen LogP contribution in [-0.4, -0.2) is 46.1 Å². The van der Waals surface area contributed by atoms with Gasteiger partial charge >= 0.3 is 5.97 Å². The van der Waals surface area contributed by atoms with Gasteiger partial charge in [-0.1, -0.05) is 0 Å². The average molecular weight is 177 g/mol. The molecule has 0 fully saturated rings. The lowest BCUT2D eigenvalue weighted by molar-refractivity contribution is -0.139. The molecule has 0 aliphatic carbocycles. The van der Waals surface area contributed by atoms with E-state index in [2.05, 4.69) is 5.32 Å². The van der Waals surface area contributed by atoms with Crippen LogP contribution in [0.3, 0.4) is 0 Å². The number of aliphatic hydroxyl groups is 2. The normalized spacial score (nSPS) is 14.3. The zero-order valence-electron chi connectivity index (χ0n) is 7.24. The number of carbonyl (C=O) groups is 1. The molecule has 0 aliphatic rings. The summed E-state index contributed by atoms with van der Waals surface area (Å²) in [5, 5.41) is 28.7. The van der Waals surface area contributed by atoms with Gasteiger partial charge in [0.05, 0.1) is 18.8 Å². The summed E-state index contributed by atoms with van der Waals surface area (Å²) >= 11 is 0. The third-order valence-electron chi connectivity index (χ3n) is 1.63. The number of hydrogen-bond donors (Lipinski definition) is 4. The maximum atomic E-state index is 10.4. The van der Waals surface area contributed by atoms with Crippen LogP contribution in [0.2, 0.25) is 0 Å². The first-order chi connectivity index (χ1) is 5.45. The van der Waals surface area contributed by atoms with Crippen molar-refractivity contribution in [3.63, 3.8) is 0 Å². The molecule has 0 aliphatic heterocycles. The van der Waals surface area contributed by atoms with E-state index in [-0.39, 0.29) is 13.2 Å². The molecule has 0 radical (unpaired) electrons. The maximum Gasteiger partial charge on any atom is 0.320 e. The van der Waals surface area contributed by atoms with Gasteiger partial charge in [-0.25, -0.2) is 0 Å². The van der Waals surface area contributed by atoms with E-state index in [0.29, 0.717) is 0 Å². The van der Waals surface area contributed by atoms with Crippen molar-refractivity contribution >= 4 is 5.97 Å².